The van der Waals surface area contributed by atoms with E-state index >= 15 is 0 Å². The van der Waals surface area contributed by atoms with E-state index in [0.717, 1.165) is 47.8 Å². The van der Waals surface area contributed by atoms with Gasteiger partial charge in [0.25, 0.3) is 0 Å². The summed E-state index contributed by atoms with van der Waals surface area (Å²) in [4.78, 5) is 4.90. The lowest BCUT2D eigenvalue weighted by molar-refractivity contribution is 0.273. The van der Waals surface area contributed by atoms with E-state index in [2.05, 4.69) is 32.1 Å². The SMILES string of the molecule is Nc1nnc(SCCN2CCN(c3ccc(Cl)cc3)CC2)s1. The maximum Gasteiger partial charge on any atom is 0.203 e. The molecule has 5 nitrogen and oxygen atoms in total. The zero-order valence-electron chi connectivity index (χ0n) is 12.1. The number of halogens is 1. The Balaban J connectivity index is 1.41. The van der Waals surface area contributed by atoms with Crippen LogP contribution in [0.1, 0.15) is 0 Å². The first-order valence-corrected chi connectivity index (χ1v) is 9.33. The third kappa shape index (κ3) is 4.25. The van der Waals surface area contributed by atoms with Crippen molar-refractivity contribution in [2.45, 2.75) is 4.34 Å². The molecule has 1 aromatic carbocycles. The Hall–Kier alpha value is -1.02. The van der Waals surface area contributed by atoms with Crippen molar-refractivity contribution in [3.63, 3.8) is 0 Å². The Bertz CT molecular complexity index is 596. The maximum absolute atomic E-state index is 5.94. The zero-order chi connectivity index (χ0) is 15.4. The van der Waals surface area contributed by atoms with Gasteiger partial charge >= 0.3 is 0 Å². The van der Waals surface area contributed by atoms with Gasteiger partial charge in [-0.15, -0.1) is 10.2 Å². The number of piperazine rings is 1. The molecule has 22 heavy (non-hydrogen) atoms. The van der Waals surface area contributed by atoms with Crippen molar-refractivity contribution in [2.75, 3.05) is 49.1 Å². The minimum absolute atomic E-state index is 0.541. The predicted molar refractivity (Wildman–Crippen MR) is 95.2 cm³/mol. The fourth-order valence-corrected chi connectivity index (χ4v) is 4.26. The zero-order valence-corrected chi connectivity index (χ0v) is 14.5. The van der Waals surface area contributed by atoms with Crippen LogP contribution < -0.4 is 10.6 Å². The minimum atomic E-state index is 0.541. The molecule has 1 aliphatic rings. The molecule has 1 saturated heterocycles. The monoisotopic (exact) mass is 355 g/mol. The van der Waals surface area contributed by atoms with E-state index in [4.69, 9.17) is 17.3 Å². The van der Waals surface area contributed by atoms with Gasteiger partial charge < -0.3 is 10.6 Å². The molecule has 0 unspecified atom stereocenters. The largest absolute Gasteiger partial charge is 0.374 e. The van der Waals surface area contributed by atoms with Gasteiger partial charge in [0.1, 0.15) is 0 Å². The van der Waals surface area contributed by atoms with E-state index < -0.39 is 0 Å². The average Bonchev–Trinajstić information content (AvgIpc) is 2.94. The summed E-state index contributed by atoms with van der Waals surface area (Å²) in [6.45, 7) is 5.34. The highest BCUT2D eigenvalue weighted by Crippen LogP contribution is 2.24. The van der Waals surface area contributed by atoms with E-state index in [-0.39, 0.29) is 0 Å². The number of anilines is 2. The quantitative estimate of drug-likeness (QED) is 0.832. The summed E-state index contributed by atoms with van der Waals surface area (Å²) in [7, 11) is 0. The van der Waals surface area contributed by atoms with Crippen molar-refractivity contribution < 1.29 is 0 Å². The van der Waals surface area contributed by atoms with Crippen LogP contribution in [-0.4, -0.2) is 53.6 Å². The summed E-state index contributed by atoms with van der Waals surface area (Å²) in [6, 6.07) is 8.09. The minimum Gasteiger partial charge on any atom is -0.374 e. The van der Waals surface area contributed by atoms with Crippen LogP contribution in [0.15, 0.2) is 28.6 Å². The molecule has 0 aliphatic carbocycles. The molecular weight excluding hydrogens is 338 g/mol. The number of nitrogens with two attached hydrogens (primary N) is 1. The smallest absolute Gasteiger partial charge is 0.203 e. The van der Waals surface area contributed by atoms with Crippen molar-refractivity contribution in [3.8, 4) is 0 Å². The molecule has 0 spiro atoms. The summed E-state index contributed by atoms with van der Waals surface area (Å²) in [5.41, 5.74) is 6.83. The molecule has 0 saturated carbocycles. The van der Waals surface area contributed by atoms with Crippen LogP contribution in [0.4, 0.5) is 10.8 Å². The standard InChI is InChI=1S/C14H18ClN5S2/c15-11-1-3-12(4-2-11)20-7-5-19(6-8-20)9-10-21-14-18-17-13(16)22-14/h1-4H,5-10H2,(H2,16,17). The predicted octanol–water partition coefficient (Wildman–Crippen LogP) is 2.69. The molecule has 0 radical (unpaired) electrons. The van der Waals surface area contributed by atoms with E-state index in [1.807, 2.05) is 12.1 Å². The molecule has 0 bridgehead atoms. The van der Waals surface area contributed by atoms with Gasteiger partial charge in [-0.25, -0.2) is 0 Å². The Morgan fingerprint density at radius 1 is 1.14 bits per heavy atom. The van der Waals surface area contributed by atoms with E-state index in [0.29, 0.717) is 5.13 Å². The van der Waals surface area contributed by atoms with Gasteiger partial charge in [-0.1, -0.05) is 34.7 Å². The van der Waals surface area contributed by atoms with Crippen molar-refractivity contribution >= 4 is 45.5 Å². The Morgan fingerprint density at radius 3 is 2.50 bits per heavy atom. The van der Waals surface area contributed by atoms with Crippen molar-refractivity contribution in [2.24, 2.45) is 0 Å². The second kappa shape index (κ2) is 7.50. The second-order valence-corrected chi connectivity index (χ2v) is 7.85. The van der Waals surface area contributed by atoms with E-state index in [9.17, 15) is 0 Å². The third-order valence-corrected chi connectivity index (χ3v) is 5.74. The van der Waals surface area contributed by atoms with E-state index in [1.165, 1.54) is 17.0 Å². The number of benzene rings is 1. The van der Waals surface area contributed by atoms with Crippen molar-refractivity contribution in [3.05, 3.63) is 29.3 Å². The highest BCUT2D eigenvalue weighted by Gasteiger charge is 2.17. The third-order valence-electron chi connectivity index (χ3n) is 3.62. The van der Waals surface area contributed by atoms with Crippen LogP contribution in [0.25, 0.3) is 0 Å². The first kappa shape index (κ1) is 15.9. The van der Waals surface area contributed by atoms with Crippen molar-refractivity contribution in [1.82, 2.24) is 15.1 Å². The first-order valence-electron chi connectivity index (χ1n) is 7.15. The molecule has 1 fully saturated rings. The fraction of sp³-hybridized carbons (Fsp3) is 0.429. The Labute approximate surface area is 143 Å². The summed E-state index contributed by atoms with van der Waals surface area (Å²) in [5.74, 6) is 1.02. The molecule has 2 aromatic rings. The molecule has 0 amide bonds. The molecule has 0 atom stereocenters. The highest BCUT2D eigenvalue weighted by molar-refractivity contribution is 8.01. The van der Waals surface area contributed by atoms with Gasteiger partial charge in [0.15, 0.2) is 4.34 Å². The lowest BCUT2D eigenvalue weighted by Gasteiger charge is -2.36. The Morgan fingerprint density at radius 2 is 1.86 bits per heavy atom. The van der Waals surface area contributed by atoms with Gasteiger partial charge in [-0.05, 0) is 24.3 Å². The molecule has 1 aliphatic heterocycles. The second-order valence-electron chi connectivity index (χ2n) is 5.06. The van der Waals surface area contributed by atoms with Crippen molar-refractivity contribution in [1.29, 1.82) is 0 Å². The average molecular weight is 356 g/mol. The summed E-state index contributed by atoms with van der Waals surface area (Å²) >= 11 is 9.12. The summed E-state index contributed by atoms with van der Waals surface area (Å²) in [5, 5.41) is 9.18. The van der Waals surface area contributed by atoms with Crippen LogP contribution in [-0.2, 0) is 0 Å². The normalized spacial score (nSPS) is 16.1. The number of rotatable bonds is 5. The molecular formula is C14H18ClN5S2. The first-order chi connectivity index (χ1) is 10.7. The molecule has 2 N–H and O–H groups in total. The summed E-state index contributed by atoms with van der Waals surface area (Å²) in [6.07, 6.45) is 0. The number of nitrogen functional groups attached to an aromatic ring is 1. The molecule has 118 valence electrons. The van der Waals surface area contributed by atoms with Crippen LogP contribution in [0.2, 0.25) is 5.02 Å². The molecule has 2 heterocycles. The highest BCUT2D eigenvalue weighted by atomic mass is 35.5. The van der Waals surface area contributed by atoms with E-state index in [1.54, 1.807) is 11.8 Å². The van der Waals surface area contributed by atoms with Gasteiger partial charge in [0.05, 0.1) is 0 Å². The van der Waals surface area contributed by atoms with Gasteiger partial charge in [-0.2, -0.15) is 0 Å². The number of hydrogen-bond donors (Lipinski definition) is 1. The summed E-state index contributed by atoms with van der Waals surface area (Å²) < 4.78 is 0.956. The molecule has 3 rings (SSSR count). The molecule has 8 heteroatoms. The Kier molecular flexibility index (Phi) is 5.41. The van der Waals surface area contributed by atoms with Crippen LogP contribution in [0, 0.1) is 0 Å². The number of hydrogen-bond acceptors (Lipinski definition) is 7. The van der Waals surface area contributed by atoms with Crippen LogP contribution in [0.5, 0.6) is 0 Å². The van der Waals surface area contributed by atoms with Crippen LogP contribution >= 0.6 is 34.7 Å². The van der Waals surface area contributed by atoms with Crippen LogP contribution in [0.3, 0.4) is 0 Å². The van der Waals surface area contributed by atoms with Gasteiger partial charge in [-0.3, -0.25) is 4.90 Å². The van der Waals surface area contributed by atoms with Gasteiger partial charge in [0, 0.05) is 49.2 Å². The lowest BCUT2D eigenvalue weighted by Crippen LogP contribution is -2.47. The number of nitrogens with zero attached hydrogens (tertiary/aromatic N) is 4. The number of aromatic nitrogens is 2. The number of thioether (sulfide) groups is 1. The maximum atomic E-state index is 5.94. The van der Waals surface area contributed by atoms with Gasteiger partial charge in [0.2, 0.25) is 5.13 Å². The fourth-order valence-electron chi connectivity index (χ4n) is 2.42. The molecule has 1 aromatic heterocycles. The lowest BCUT2D eigenvalue weighted by atomic mass is 10.2. The topological polar surface area (TPSA) is 58.3 Å².